The summed E-state index contributed by atoms with van der Waals surface area (Å²) in [6.07, 6.45) is 0. The Hall–Kier alpha value is -1.62. The van der Waals surface area contributed by atoms with E-state index in [0.717, 1.165) is 12.1 Å². The summed E-state index contributed by atoms with van der Waals surface area (Å²) in [7, 11) is 0. The molecule has 1 N–H and O–H groups in total. The molecule has 1 aliphatic heterocycles. The summed E-state index contributed by atoms with van der Waals surface area (Å²) in [6, 6.07) is 3.39. The molecule has 86 valence electrons. The zero-order valence-corrected chi connectivity index (χ0v) is 8.65. The quantitative estimate of drug-likeness (QED) is 0.775. The molecular formula is C11H12FNO3. The van der Waals surface area contributed by atoms with E-state index in [-0.39, 0.29) is 17.2 Å². The fourth-order valence-electron chi connectivity index (χ4n) is 1.62. The van der Waals surface area contributed by atoms with Crippen LogP contribution < -0.4 is 0 Å². The van der Waals surface area contributed by atoms with E-state index in [1.807, 2.05) is 0 Å². The first kappa shape index (κ1) is 10.9. The Balaban J connectivity index is 2.19. The molecule has 1 fully saturated rings. The van der Waals surface area contributed by atoms with Crippen LogP contribution in [0.5, 0.6) is 5.75 Å². The van der Waals surface area contributed by atoms with Crippen molar-refractivity contribution in [3.63, 3.8) is 0 Å². The van der Waals surface area contributed by atoms with Gasteiger partial charge in [0, 0.05) is 19.2 Å². The Morgan fingerprint density at radius 1 is 1.38 bits per heavy atom. The van der Waals surface area contributed by atoms with Crippen LogP contribution in [0.1, 0.15) is 10.4 Å². The van der Waals surface area contributed by atoms with Gasteiger partial charge in [-0.15, -0.1) is 0 Å². The SMILES string of the molecule is O=C(c1ccc(F)cc1O)N1CCOCC1. The molecule has 1 aromatic rings. The van der Waals surface area contributed by atoms with Gasteiger partial charge in [-0.2, -0.15) is 0 Å². The van der Waals surface area contributed by atoms with Gasteiger partial charge in [0.1, 0.15) is 11.6 Å². The molecule has 0 bridgehead atoms. The predicted molar refractivity (Wildman–Crippen MR) is 54.8 cm³/mol. The Kier molecular flexibility index (Phi) is 3.05. The topological polar surface area (TPSA) is 49.8 Å². The molecule has 0 atom stereocenters. The van der Waals surface area contributed by atoms with Crippen molar-refractivity contribution in [3.8, 4) is 5.75 Å². The number of nitrogens with zero attached hydrogens (tertiary/aromatic N) is 1. The summed E-state index contributed by atoms with van der Waals surface area (Å²) >= 11 is 0. The first-order valence-corrected chi connectivity index (χ1v) is 5.04. The van der Waals surface area contributed by atoms with Crippen LogP contribution in [0.2, 0.25) is 0 Å². The molecule has 4 nitrogen and oxygen atoms in total. The van der Waals surface area contributed by atoms with Crippen LogP contribution >= 0.6 is 0 Å². The molecule has 1 aliphatic rings. The summed E-state index contributed by atoms with van der Waals surface area (Å²) in [5.41, 5.74) is 0.128. The van der Waals surface area contributed by atoms with Gasteiger partial charge in [-0.3, -0.25) is 4.79 Å². The second-order valence-electron chi connectivity index (χ2n) is 3.57. The number of hydrogen-bond donors (Lipinski definition) is 1. The molecule has 1 heterocycles. The molecule has 2 rings (SSSR count). The second kappa shape index (κ2) is 4.49. The van der Waals surface area contributed by atoms with Crippen LogP contribution in [0, 0.1) is 5.82 Å². The van der Waals surface area contributed by atoms with E-state index in [1.165, 1.54) is 6.07 Å². The molecule has 1 saturated heterocycles. The van der Waals surface area contributed by atoms with Crippen molar-refractivity contribution in [2.45, 2.75) is 0 Å². The molecule has 0 aliphatic carbocycles. The van der Waals surface area contributed by atoms with E-state index in [4.69, 9.17) is 4.74 Å². The zero-order valence-electron chi connectivity index (χ0n) is 8.65. The van der Waals surface area contributed by atoms with Crippen molar-refractivity contribution >= 4 is 5.91 Å². The third-order valence-electron chi connectivity index (χ3n) is 2.49. The number of ether oxygens (including phenoxy) is 1. The number of phenols is 1. The Labute approximate surface area is 92.2 Å². The number of benzene rings is 1. The lowest BCUT2D eigenvalue weighted by Gasteiger charge is -2.27. The molecule has 1 amide bonds. The summed E-state index contributed by atoms with van der Waals surface area (Å²) in [4.78, 5) is 13.5. The van der Waals surface area contributed by atoms with Crippen molar-refractivity contribution in [3.05, 3.63) is 29.6 Å². The maximum Gasteiger partial charge on any atom is 0.257 e. The molecule has 0 radical (unpaired) electrons. The number of amides is 1. The molecular weight excluding hydrogens is 213 g/mol. The average Bonchev–Trinajstić information content (AvgIpc) is 2.29. The number of carbonyl (C=O) groups is 1. The highest BCUT2D eigenvalue weighted by Crippen LogP contribution is 2.20. The first-order valence-electron chi connectivity index (χ1n) is 5.04. The molecule has 0 aromatic heterocycles. The maximum atomic E-state index is 12.7. The van der Waals surface area contributed by atoms with Crippen LogP contribution in [0.3, 0.4) is 0 Å². The van der Waals surface area contributed by atoms with E-state index in [2.05, 4.69) is 0 Å². The predicted octanol–water partition coefficient (Wildman–Crippen LogP) is 1.00. The maximum absolute atomic E-state index is 12.7. The van der Waals surface area contributed by atoms with Gasteiger partial charge >= 0.3 is 0 Å². The van der Waals surface area contributed by atoms with Crippen LogP contribution in [-0.2, 0) is 4.74 Å². The molecule has 0 unspecified atom stereocenters. The number of rotatable bonds is 1. The number of phenolic OH excluding ortho intramolecular Hbond substituents is 1. The van der Waals surface area contributed by atoms with Gasteiger partial charge in [-0.05, 0) is 12.1 Å². The molecule has 1 aromatic carbocycles. The summed E-state index contributed by atoms with van der Waals surface area (Å²) in [5, 5.41) is 9.47. The number of morpholine rings is 1. The van der Waals surface area contributed by atoms with Gasteiger partial charge in [0.15, 0.2) is 0 Å². The second-order valence-corrected chi connectivity index (χ2v) is 3.57. The highest BCUT2D eigenvalue weighted by atomic mass is 19.1. The summed E-state index contributed by atoms with van der Waals surface area (Å²) in [5.74, 6) is -1.17. The van der Waals surface area contributed by atoms with Crippen LogP contribution in [0.15, 0.2) is 18.2 Å². The van der Waals surface area contributed by atoms with Crippen molar-refractivity contribution in [2.24, 2.45) is 0 Å². The Morgan fingerprint density at radius 3 is 2.69 bits per heavy atom. The number of halogens is 1. The van der Waals surface area contributed by atoms with Gasteiger partial charge in [0.25, 0.3) is 5.91 Å². The van der Waals surface area contributed by atoms with Gasteiger partial charge in [0.05, 0.1) is 18.8 Å². The molecule has 16 heavy (non-hydrogen) atoms. The van der Waals surface area contributed by atoms with E-state index in [1.54, 1.807) is 4.90 Å². The minimum absolute atomic E-state index is 0.128. The summed E-state index contributed by atoms with van der Waals surface area (Å²) < 4.78 is 17.9. The lowest BCUT2D eigenvalue weighted by atomic mass is 10.1. The lowest BCUT2D eigenvalue weighted by Crippen LogP contribution is -2.40. The normalized spacial score (nSPS) is 16.2. The van der Waals surface area contributed by atoms with Gasteiger partial charge in [0.2, 0.25) is 0 Å². The largest absolute Gasteiger partial charge is 0.507 e. The van der Waals surface area contributed by atoms with Gasteiger partial charge in [-0.1, -0.05) is 0 Å². The van der Waals surface area contributed by atoms with Gasteiger partial charge < -0.3 is 14.7 Å². The van der Waals surface area contributed by atoms with Crippen LogP contribution in [0.4, 0.5) is 4.39 Å². The first-order chi connectivity index (χ1) is 7.68. The zero-order chi connectivity index (χ0) is 11.5. The fraction of sp³-hybridized carbons (Fsp3) is 0.364. The minimum Gasteiger partial charge on any atom is -0.507 e. The van der Waals surface area contributed by atoms with E-state index in [0.29, 0.717) is 26.3 Å². The Morgan fingerprint density at radius 2 is 2.06 bits per heavy atom. The average molecular weight is 225 g/mol. The smallest absolute Gasteiger partial charge is 0.257 e. The van der Waals surface area contributed by atoms with Crippen LogP contribution in [-0.4, -0.2) is 42.2 Å². The minimum atomic E-state index is -0.559. The third-order valence-corrected chi connectivity index (χ3v) is 2.49. The van der Waals surface area contributed by atoms with E-state index >= 15 is 0 Å². The number of aromatic hydroxyl groups is 1. The van der Waals surface area contributed by atoms with Crippen molar-refractivity contribution in [2.75, 3.05) is 26.3 Å². The standard InChI is InChI=1S/C11H12FNO3/c12-8-1-2-9(10(14)7-8)11(15)13-3-5-16-6-4-13/h1-2,7,14H,3-6H2. The van der Waals surface area contributed by atoms with Crippen LogP contribution in [0.25, 0.3) is 0 Å². The molecule has 0 spiro atoms. The Bertz CT molecular complexity index is 402. The third kappa shape index (κ3) is 2.14. The van der Waals surface area contributed by atoms with Crippen molar-refractivity contribution < 1.29 is 19.0 Å². The lowest BCUT2D eigenvalue weighted by molar-refractivity contribution is 0.0301. The number of carbonyl (C=O) groups excluding carboxylic acids is 1. The molecule has 5 heteroatoms. The molecule has 0 saturated carbocycles. The number of hydrogen-bond acceptors (Lipinski definition) is 3. The van der Waals surface area contributed by atoms with E-state index in [9.17, 15) is 14.3 Å². The van der Waals surface area contributed by atoms with Crippen molar-refractivity contribution in [1.29, 1.82) is 0 Å². The summed E-state index contributed by atoms with van der Waals surface area (Å²) in [6.45, 7) is 1.98. The van der Waals surface area contributed by atoms with Gasteiger partial charge in [-0.25, -0.2) is 4.39 Å². The van der Waals surface area contributed by atoms with E-state index < -0.39 is 5.82 Å². The highest BCUT2D eigenvalue weighted by molar-refractivity contribution is 5.96. The highest BCUT2D eigenvalue weighted by Gasteiger charge is 2.21. The van der Waals surface area contributed by atoms with Crippen molar-refractivity contribution in [1.82, 2.24) is 4.90 Å². The monoisotopic (exact) mass is 225 g/mol. The fourth-order valence-corrected chi connectivity index (χ4v) is 1.62.